The molecule has 0 saturated heterocycles. The molecule has 0 aromatic heterocycles. The Bertz CT molecular complexity index is 335. The van der Waals surface area contributed by atoms with Gasteiger partial charge in [-0.15, -0.1) is 0 Å². The summed E-state index contributed by atoms with van der Waals surface area (Å²) >= 11 is 0. The molecule has 0 spiro atoms. The van der Waals surface area contributed by atoms with E-state index >= 15 is 0 Å². The molecule has 1 amide bonds. The average molecular weight is 222 g/mol. The van der Waals surface area contributed by atoms with E-state index in [9.17, 15) is 4.79 Å². The van der Waals surface area contributed by atoms with Crippen molar-refractivity contribution in [2.45, 2.75) is 32.9 Å². The number of nitrogens with two attached hydrogens (primary N) is 1. The maximum atomic E-state index is 11.4. The smallest absolute Gasteiger partial charge is 0.411 e. The molecule has 0 bridgehead atoms. The van der Waals surface area contributed by atoms with E-state index in [0.717, 1.165) is 12.0 Å². The molecule has 1 rings (SSSR count). The van der Waals surface area contributed by atoms with Crippen molar-refractivity contribution in [3.63, 3.8) is 0 Å². The van der Waals surface area contributed by atoms with Gasteiger partial charge in [-0.1, -0.05) is 19.1 Å². The Labute approximate surface area is 95.8 Å². The summed E-state index contributed by atoms with van der Waals surface area (Å²) in [5.41, 5.74) is 7.22. The Morgan fingerprint density at radius 2 is 2.06 bits per heavy atom. The van der Waals surface area contributed by atoms with E-state index in [1.54, 1.807) is 12.1 Å². The van der Waals surface area contributed by atoms with Crippen molar-refractivity contribution < 1.29 is 9.53 Å². The summed E-state index contributed by atoms with van der Waals surface area (Å²) in [5, 5.41) is 2.66. The lowest BCUT2D eigenvalue weighted by molar-refractivity contribution is 0.118. The molecule has 0 fully saturated rings. The maximum absolute atomic E-state index is 11.4. The van der Waals surface area contributed by atoms with Crippen LogP contribution < -0.4 is 11.1 Å². The molecule has 4 nitrogen and oxygen atoms in total. The van der Waals surface area contributed by atoms with Crippen LogP contribution >= 0.6 is 0 Å². The van der Waals surface area contributed by atoms with Gasteiger partial charge in [0.1, 0.15) is 6.10 Å². The maximum Gasteiger partial charge on any atom is 0.411 e. The van der Waals surface area contributed by atoms with Gasteiger partial charge in [0.2, 0.25) is 0 Å². The summed E-state index contributed by atoms with van der Waals surface area (Å²) in [4.78, 5) is 11.4. The van der Waals surface area contributed by atoms with Gasteiger partial charge < -0.3 is 10.5 Å². The lowest BCUT2D eigenvalue weighted by Gasteiger charge is -2.11. The molecular weight excluding hydrogens is 204 g/mol. The normalized spacial score (nSPS) is 11.9. The number of benzene rings is 1. The van der Waals surface area contributed by atoms with Crippen molar-refractivity contribution in [1.29, 1.82) is 0 Å². The van der Waals surface area contributed by atoms with Crippen LogP contribution in [0.5, 0.6) is 0 Å². The number of anilines is 1. The predicted molar refractivity (Wildman–Crippen MR) is 64.2 cm³/mol. The third-order valence-corrected chi connectivity index (χ3v) is 2.32. The zero-order valence-corrected chi connectivity index (χ0v) is 9.69. The summed E-state index contributed by atoms with van der Waals surface area (Å²) < 4.78 is 5.09. The van der Waals surface area contributed by atoms with Crippen LogP contribution in [0, 0.1) is 0 Å². The van der Waals surface area contributed by atoms with Crippen LogP contribution in [-0.2, 0) is 11.3 Å². The van der Waals surface area contributed by atoms with Gasteiger partial charge in [-0.05, 0) is 31.0 Å². The van der Waals surface area contributed by atoms with Crippen molar-refractivity contribution >= 4 is 11.8 Å². The van der Waals surface area contributed by atoms with Crippen LogP contribution in [0.2, 0.25) is 0 Å². The lowest BCUT2D eigenvalue weighted by Crippen LogP contribution is -2.19. The van der Waals surface area contributed by atoms with Crippen molar-refractivity contribution in [2.75, 3.05) is 5.32 Å². The van der Waals surface area contributed by atoms with Crippen molar-refractivity contribution in [3.8, 4) is 0 Å². The fourth-order valence-corrected chi connectivity index (χ4v) is 1.14. The minimum atomic E-state index is -0.421. The summed E-state index contributed by atoms with van der Waals surface area (Å²) in [5.74, 6) is 0. The van der Waals surface area contributed by atoms with E-state index in [1.165, 1.54) is 0 Å². The highest BCUT2D eigenvalue weighted by Gasteiger charge is 2.07. The zero-order valence-electron chi connectivity index (χ0n) is 9.69. The number of ether oxygens (including phenoxy) is 1. The van der Waals surface area contributed by atoms with Gasteiger partial charge in [0.25, 0.3) is 0 Å². The van der Waals surface area contributed by atoms with Crippen molar-refractivity contribution in [3.05, 3.63) is 29.8 Å². The van der Waals surface area contributed by atoms with Gasteiger partial charge in [0.05, 0.1) is 0 Å². The molecule has 0 saturated carbocycles. The Morgan fingerprint density at radius 1 is 1.44 bits per heavy atom. The number of hydrogen-bond donors (Lipinski definition) is 2. The number of hydrogen-bond acceptors (Lipinski definition) is 3. The summed E-state index contributed by atoms with van der Waals surface area (Å²) in [6.45, 7) is 4.32. The van der Waals surface area contributed by atoms with Gasteiger partial charge in [-0.25, -0.2) is 4.79 Å². The summed E-state index contributed by atoms with van der Waals surface area (Å²) in [6.07, 6.45) is 0.317. The molecule has 1 atom stereocenters. The van der Waals surface area contributed by atoms with E-state index < -0.39 is 6.09 Å². The highest BCUT2D eigenvalue weighted by Crippen LogP contribution is 2.10. The zero-order chi connectivity index (χ0) is 12.0. The molecule has 0 radical (unpaired) electrons. The third-order valence-electron chi connectivity index (χ3n) is 2.32. The molecule has 4 heteroatoms. The SMILES string of the molecule is CCC(C)OC(=O)Nc1ccc(CN)cc1. The fourth-order valence-electron chi connectivity index (χ4n) is 1.14. The van der Waals surface area contributed by atoms with E-state index in [0.29, 0.717) is 12.2 Å². The van der Waals surface area contributed by atoms with Gasteiger partial charge in [-0.2, -0.15) is 0 Å². The van der Waals surface area contributed by atoms with E-state index in [4.69, 9.17) is 10.5 Å². The standard InChI is InChI=1S/C12H18N2O2/c1-3-9(2)16-12(15)14-11-6-4-10(8-13)5-7-11/h4-7,9H,3,8,13H2,1-2H3,(H,14,15). The molecule has 0 aliphatic carbocycles. The van der Waals surface area contributed by atoms with Crippen LogP contribution in [-0.4, -0.2) is 12.2 Å². The molecule has 16 heavy (non-hydrogen) atoms. The van der Waals surface area contributed by atoms with E-state index in [2.05, 4.69) is 5.32 Å². The minimum Gasteiger partial charge on any atom is -0.446 e. The predicted octanol–water partition coefficient (Wildman–Crippen LogP) is 2.49. The molecule has 1 aromatic carbocycles. The molecule has 0 aliphatic heterocycles. The van der Waals surface area contributed by atoms with Gasteiger partial charge in [0.15, 0.2) is 0 Å². The van der Waals surface area contributed by atoms with Crippen LogP contribution in [0.3, 0.4) is 0 Å². The Morgan fingerprint density at radius 3 is 2.56 bits per heavy atom. The van der Waals surface area contributed by atoms with Crippen LogP contribution in [0.15, 0.2) is 24.3 Å². The van der Waals surface area contributed by atoms with Crippen molar-refractivity contribution in [1.82, 2.24) is 0 Å². The quantitative estimate of drug-likeness (QED) is 0.822. The van der Waals surface area contributed by atoms with E-state index in [1.807, 2.05) is 26.0 Å². The lowest BCUT2D eigenvalue weighted by atomic mass is 10.2. The minimum absolute atomic E-state index is 0.0664. The van der Waals surface area contributed by atoms with Gasteiger partial charge in [-0.3, -0.25) is 5.32 Å². The molecule has 1 unspecified atom stereocenters. The molecule has 0 aliphatic rings. The van der Waals surface area contributed by atoms with Gasteiger partial charge >= 0.3 is 6.09 Å². The number of nitrogens with one attached hydrogen (secondary N) is 1. The van der Waals surface area contributed by atoms with E-state index in [-0.39, 0.29) is 6.10 Å². The highest BCUT2D eigenvalue weighted by molar-refractivity contribution is 5.84. The second-order valence-electron chi connectivity index (χ2n) is 3.65. The second kappa shape index (κ2) is 6.12. The third kappa shape index (κ3) is 3.90. The van der Waals surface area contributed by atoms with Gasteiger partial charge in [0, 0.05) is 12.2 Å². The molecule has 0 heterocycles. The molecule has 1 aromatic rings. The fraction of sp³-hybridized carbons (Fsp3) is 0.417. The number of carbonyl (C=O) groups is 1. The summed E-state index contributed by atoms with van der Waals surface area (Å²) in [7, 11) is 0. The van der Waals surface area contributed by atoms with Crippen LogP contribution in [0.25, 0.3) is 0 Å². The van der Waals surface area contributed by atoms with Crippen molar-refractivity contribution in [2.24, 2.45) is 5.73 Å². The monoisotopic (exact) mass is 222 g/mol. The second-order valence-corrected chi connectivity index (χ2v) is 3.65. The van der Waals surface area contributed by atoms with Crippen LogP contribution in [0.4, 0.5) is 10.5 Å². The highest BCUT2D eigenvalue weighted by atomic mass is 16.6. The molecule has 3 N–H and O–H groups in total. The number of carbonyl (C=O) groups excluding carboxylic acids is 1. The largest absolute Gasteiger partial charge is 0.446 e. The average Bonchev–Trinajstić information content (AvgIpc) is 2.29. The Hall–Kier alpha value is -1.55. The first kappa shape index (κ1) is 12.5. The number of rotatable bonds is 4. The van der Waals surface area contributed by atoms with Crippen LogP contribution in [0.1, 0.15) is 25.8 Å². The Kier molecular flexibility index (Phi) is 4.79. The number of amides is 1. The first-order valence-corrected chi connectivity index (χ1v) is 5.42. The molecule has 88 valence electrons. The summed E-state index contributed by atoms with van der Waals surface area (Å²) in [6, 6.07) is 7.36. The Balaban J connectivity index is 2.49. The molecular formula is C12H18N2O2. The first-order chi connectivity index (χ1) is 7.65. The topological polar surface area (TPSA) is 64.3 Å². The first-order valence-electron chi connectivity index (χ1n) is 5.42.